The van der Waals surface area contributed by atoms with Crippen molar-refractivity contribution in [1.82, 2.24) is 5.32 Å². The van der Waals surface area contributed by atoms with Gasteiger partial charge in [-0.1, -0.05) is 28.1 Å². The highest BCUT2D eigenvalue weighted by Crippen LogP contribution is 2.12. The first-order valence-corrected chi connectivity index (χ1v) is 5.46. The first-order chi connectivity index (χ1) is 6.68. The summed E-state index contributed by atoms with van der Waals surface area (Å²) in [5, 5.41) is 2.78. The third-order valence-corrected chi connectivity index (χ3v) is 2.40. The van der Waals surface area contributed by atoms with E-state index in [1.807, 2.05) is 12.1 Å². The van der Waals surface area contributed by atoms with Crippen molar-refractivity contribution in [3.63, 3.8) is 0 Å². The van der Waals surface area contributed by atoms with Crippen molar-refractivity contribution in [2.45, 2.75) is 19.8 Å². The van der Waals surface area contributed by atoms with Crippen molar-refractivity contribution in [3.05, 3.63) is 34.3 Å². The standard InChI is InChI=1S/C11H14BrNO/c1-9(14)13-7-3-5-10-4-2-6-11(12)8-10/h2,4,6,8H,3,5,7H2,1H3,(H,13,14). The number of carbonyl (C=O) groups excluding carboxylic acids is 1. The number of carbonyl (C=O) groups is 1. The van der Waals surface area contributed by atoms with Crippen LogP contribution in [-0.2, 0) is 11.2 Å². The van der Waals surface area contributed by atoms with Crippen LogP contribution in [0.1, 0.15) is 18.9 Å². The predicted octanol–water partition coefficient (Wildman–Crippen LogP) is 2.52. The molecule has 0 unspecified atom stereocenters. The Morgan fingerprint density at radius 2 is 2.29 bits per heavy atom. The fraction of sp³-hybridized carbons (Fsp3) is 0.364. The summed E-state index contributed by atoms with van der Waals surface area (Å²) < 4.78 is 1.11. The number of benzene rings is 1. The van der Waals surface area contributed by atoms with E-state index in [2.05, 4.69) is 33.4 Å². The van der Waals surface area contributed by atoms with Crippen molar-refractivity contribution < 1.29 is 4.79 Å². The Labute approximate surface area is 92.8 Å². The van der Waals surface area contributed by atoms with Gasteiger partial charge in [0.2, 0.25) is 5.91 Å². The van der Waals surface area contributed by atoms with E-state index in [0.29, 0.717) is 0 Å². The lowest BCUT2D eigenvalue weighted by Crippen LogP contribution is -2.21. The Balaban J connectivity index is 2.28. The summed E-state index contributed by atoms with van der Waals surface area (Å²) in [6.07, 6.45) is 1.98. The van der Waals surface area contributed by atoms with Crippen LogP contribution in [-0.4, -0.2) is 12.5 Å². The van der Waals surface area contributed by atoms with Crippen LogP contribution in [0.5, 0.6) is 0 Å². The van der Waals surface area contributed by atoms with Crippen molar-refractivity contribution >= 4 is 21.8 Å². The van der Waals surface area contributed by atoms with Crippen LogP contribution >= 0.6 is 15.9 Å². The summed E-state index contributed by atoms with van der Waals surface area (Å²) in [4.78, 5) is 10.6. The number of hydrogen-bond donors (Lipinski definition) is 1. The number of rotatable bonds is 4. The molecule has 0 bridgehead atoms. The van der Waals surface area contributed by atoms with Crippen LogP contribution in [0.15, 0.2) is 28.7 Å². The zero-order chi connectivity index (χ0) is 10.4. The van der Waals surface area contributed by atoms with Gasteiger partial charge in [0.1, 0.15) is 0 Å². The highest BCUT2D eigenvalue weighted by atomic mass is 79.9. The van der Waals surface area contributed by atoms with Crippen LogP contribution in [0.25, 0.3) is 0 Å². The summed E-state index contributed by atoms with van der Waals surface area (Å²) in [6, 6.07) is 8.24. The Morgan fingerprint density at radius 1 is 1.50 bits per heavy atom. The van der Waals surface area contributed by atoms with E-state index in [1.54, 1.807) is 6.92 Å². The van der Waals surface area contributed by atoms with Gasteiger partial charge in [0.05, 0.1) is 0 Å². The Kier molecular flexibility index (Phi) is 4.66. The van der Waals surface area contributed by atoms with Gasteiger partial charge in [-0.15, -0.1) is 0 Å². The second-order valence-corrected chi connectivity index (χ2v) is 4.13. The van der Waals surface area contributed by atoms with Crippen LogP contribution in [0.2, 0.25) is 0 Å². The molecular weight excluding hydrogens is 242 g/mol. The minimum atomic E-state index is 0.0410. The van der Waals surface area contributed by atoms with E-state index < -0.39 is 0 Å². The molecular formula is C11H14BrNO. The molecule has 0 aromatic heterocycles. The van der Waals surface area contributed by atoms with E-state index in [-0.39, 0.29) is 5.91 Å². The van der Waals surface area contributed by atoms with E-state index in [1.165, 1.54) is 5.56 Å². The minimum absolute atomic E-state index is 0.0410. The van der Waals surface area contributed by atoms with Gasteiger partial charge in [-0.05, 0) is 30.5 Å². The summed E-state index contributed by atoms with van der Waals surface area (Å²) in [6.45, 7) is 2.29. The number of hydrogen-bond acceptors (Lipinski definition) is 1. The van der Waals surface area contributed by atoms with E-state index >= 15 is 0 Å². The van der Waals surface area contributed by atoms with Gasteiger partial charge in [0, 0.05) is 17.9 Å². The fourth-order valence-corrected chi connectivity index (χ4v) is 1.70. The maximum absolute atomic E-state index is 10.6. The second-order valence-electron chi connectivity index (χ2n) is 3.22. The van der Waals surface area contributed by atoms with E-state index in [4.69, 9.17) is 0 Å². The second kappa shape index (κ2) is 5.81. The first kappa shape index (κ1) is 11.2. The average molecular weight is 256 g/mol. The van der Waals surface area contributed by atoms with Crippen LogP contribution in [0.4, 0.5) is 0 Å². The number of amides is 1. The maximum atomic E-state index is 10.6. The summed E-state index contributed by atoms with van der Waals surface area (Å²) in [5.41, 5.74) is 1.30. The molecule has 3 heteroatoms. The zero-order valence-corrected chi connectivity index (χ0v) is 9.80. The molecule has 0 fully saturated rings. The predicted molar refractivity (Wildman–Crippen MR) is 61.1 cm³/mol. The normalized spacial score (nSPS) is 9.86. The van der Waals surface area contributed by atoms with Crippen LogP contribution in [0, 0.1) is 0 Å². The largest absolute Gasteiger partial charge is 0.356 e. The lowest BCUT2D eigenvalue weighted by atomic mass is 10.1. The molecule has 0 saturated heterocycles. The molecule has 0 radical (unpaired) electrons. The molecule has 1 N–H and O–H groups in total. The highest BCUT2D eigenvalue weighted by molar-refractivity contribution is 9.10. The van der Waals surface area contributed by atoms with Gasteiger partial charge in [0.25, 0.3) is 0 Å². The lowest BCUT2D eigenvalue weighted by molar-refractivity contribution is -0.118. The Bertz CT molecular complexity index is 312. The molecule has 0 heterocycles. The molecule has 0 aliphatic heterocycles. The number of aryl methyl sites for hydroxylation is 1. The molecule has 0 spiro atoms. The maximum Gasteiger partial charge on any atom is 0.216 e. The van der Waals surface area contributed by atoms with Gasteiger partial charge in [-0.25, -0.2) is 0 Å². The van der Waals surface area contributed by atoms with Gasteiger partial charge in [0.15, 0.2) is 0 Å². The third-order valence-electron chi connectivity index (χ3n) is 1.91. The van der Waals surface area contributed by atoms with Gasteiger partial charge in [-0.3, -0.25) is 4.79 Å². The average Bonchev–Trinajstić information content (AvgIpc) is 2.12. The van der Waals surface area contributed by atoms with Gasteiger partial charge < -0.3 is 5.32 Å². The van der Waals surface area contributed by atoms with Crippen molar-refractivity contribution in [3.8, 4) is 0 Å². The SMILES string of the molecule is CC(=O)NCCCc1cccc(Br)c1. The highest BCUT2D eigenvalue weighted by Gasteiger charge is 1.95. The molecule has 1 aromatic rings. The fourth-order valence-electron chi connectivity index (χ4n) is 1.25. The molecule has 0 aliphatic carbocycles. The number of nitrogens with one attached hydrogen (secondary N) is 1. The smallest absolute Gasteiger partial charge is 0.216 e. The minimum Gasteiger partial charge on any atom is -0.356 e. The van der Waals surface area contributed by atoms with Gasteiger partial charge >= 0.3 is 0 Å². The third kappa shape index (κ3) is 4.42. The van der Waals surface area contributed by atoms with Gasteiger partial charge in [-0.2, -0.15) is 0 Å². The van der Waals surface area contributed by atoms with Crippen molar-refractivity contribution in [1.29, 1.82) is 0 Å². The van der Waals surface area contributed by atoms with Crippen molar-refractivity contribution in [2.24, 2.45) is 0 Å². The molecule has 1 aromatic carbocycles. The molecule has 14 heavy (non-hydrogen) atoms. The molecule has 0 atom stereocenters. The molecule has 0 saturated carbocycles. The van der Waals surface area contributed by atoms with Crippen molar-refractivity contribution in [2.75, 3.05) is 6.54 Å². The summed E-state index contributed by atoms with van der Waals surface area (Å²) in [7, 11) is 0. The summed E-state index contributed by atoms with van der Waals surface area (Å²) in [5.74, 6) is 0.0410. The number of halogens is 1. The lowest BCUT2D eigenvalue weighted by Gasteiger charge is -2.02. The van der Waals surface area contributed by atoms with Crippen LogP contribution in [0.3, 0.4) is 0 Å². The van der Waals surface area contributed by atoms with E-state index in [0.717, 1.165) is 23.9 Å². The molecule has 1 rings (SSSR count). The summed E-state index contributed by atoms with van der Waals surface area (Å²) >= 11 is 3.42. The Hall–Kier alpha value is -0.830. The molecule has 1 amide bonds. The monoisotopic (exact) mass is 255 g/mol. The van der Waals surface area contributed by atoms with Crippen LogP contribution < -0.4 is 5.32 Å². The molecule has 76 valence electrons. The molecule has 0 aliphatic rings. The Morgan fingerprint density at radius 3 is 2.93 bits per heavy atom. The molecule has 2 nitrogen and oxygen atoms in total. The van der Waals surface area contributed by atoms with E-state index in [9.17, 15) is 4.79 Å². The quantitative estimate of drug-likeness (QED) is 0.824. The zero-order valence-electron chi connectivity index (χ0n) is 8.22. The first-order valence-electron chi connectivity index (χ1n) is 4.67. The topological polar surface area (TPSA) is 29.1 Å².